The molecule has 0 aliphatic rings. The lowest BCUT2D eigenvalue weighted by Crippen LogP contribution is -2.28. The number of para-hydroxylation sites is 1. The fourth-order valence-electron chi connectivity index (χ4n) is 3.84. The number of hydrogen-bond donors (Lipinski definition) is 1. The molecule has 1 amide bonds. The summed E-state index contributed by atoms with van der Waals surface area (Å²) in [7, 11) is -3.73. The first kappa shape index (κ1) is 25.1. The van der Waals surface area contributed by atoms with Crippen molar-refractivity contribution in [3.63, 3.8) is 0 Å². The van der Waals surface area contributed by atoms with Gasteiger partial charge in [-0.2, -0.15) is 0 Å². The molecule has 2 aromatic heterocycles. The van der Waals surface area contributed by atoms with E-state index in [0.29, 0.717) is 30.2 Å². The summed E-state index contributed by atoms with van der Waals surface area (Å²) in [5, 5.41) is 2.56. The van der Waals surface area contributed by atoms with Gasteiger partial charge in [-0.1, -0.05) is 55.5 Å². The summed E-state index contributed by atoms with van der Waals surface area (Å²) >= 11 is 0. The molecule has 0 bridgehead atoms. The molecule has 9 heteroatoms. The zero-order valence-corrected chi connectivity index (χ0v) is 21.2. The lowest BCUT2D eigenvalue weighted by atomic mass is 10.1. The van der Waals surface area contributed by atoms with Crippen LogP contribution >= 0.6 is 0 Å². The first-order valence-corrected chi connectivity index (χ1v) is 13.2. The zero-order valence-electron chi connectivity index (χ0n) is 20.4. The summed E-state index contributed by atoms with van der Waals surface area (Å²) in [6.45, 7) is 6.06. The van der Waals surface area contributed by atoms with Crippen LogP contribution in [-0.4, -0.2) is 30.0 Å². The number of rotatable bonds is 9. The molecule has 0 atom stereocenters. The van der Waals surface area contributed by atoms with Crippen molar-refractivity contribution < 1.29 is 17.6 Å². The molecule has 36 heavy (non-hydrogen) atoms. The minimum atomic E-state index is -3.73. The fourth-order valence-corrected chi connectivity index (χ4v) is 4.54. The van der Waals surface area contributed by atoms with E-state index in [1.165, 1.54) is 13.1 Å². The van der Waals surface area contributed by atoms with Crippen LogP contribution in [-0.2, 0) is 22.9 Å². The first-order chi connectivity index (χ1) is 17.3. The maximum absolute atomic E-state index is 13.6. The number of carbonyl (C=O) groups excluding carboxylic acids is 1. The van der Waals surface area contributed by atoms with Crippen molar-refractivity contribution in [3.05, 3.63) is 101 Å². The van der Waals surface area contributed by atoms with Crippen LogP contribution in [0.5, 0.6) is 0 Å². The molecule has 8 nitrogen and oxygen atoms in total. The summed E-state index contributed by atoms with van der Waals surface area (Å²) in [4.78, 5) is 23.9. The summed E-state index contributed by atoms with van der Waals surface area (Å²) < 4.78 is 30.7. The van der Waals surface area contributed by atoms with Crippen LogP contribution in [0.1, 0.15) is 39.9 Å². The topological polar surface area (TPSA) is 105 Å². The molecule has 4 aromatic rings. The Labute approximate surface area is 210 Å². The third-order valence-electron chi connectivity index (χ3n) is 5.82. The summed E-state index contributed by atoms with van der Waals surface area (Å²) in [6.07, 6.45) is 2.99. The number of aromatic nitrogens is 2. The quantitative estimate of drug-likeness (QED) is 0.322. The van der Waals surface area contributed by atoms with E-state index in [-0.39, 0.29) is 16.6 Å². The first-order valence-electron chi connectivity index (χ1n) is 11.6. The molecule has 0 radical (unpaired) electrons. The molecular weight excluding hydrogens is 476 g/mol. The standard InChI is InChI=1S/C27H28N4O4S/c1-4-36(33,34)27-28-16-23(25(30-27)26(32)29-24-19(2)10-8-11-20(24)3)31(18-22-14-9-15-35-22)17-21-12-6-5-7-13-21/h5-16H,4,17-18H2,1-3H3,(H,29,32). The van der Waals surface area contributed by atoms with E-state index in [1.807, 2.05) is 73.3 Å². The molecule has 186 valence electrons. The van der Waals surface area contributed by atoms with Gasteiger partial charge in [0, 0.05) is 12.2 Å². The number of nitrogens with zero attached hydrogens (tertiary/aromatic N) is 3. The Hall–Kier alpha value is -3.98. The van der Waals surface area contributed by atoms with Crippen molar-refractivity contribution in [1.82, 2.24) is 9.97 Å². The van der Waals surface area contributed by atoms with E-state index >= 15 is 0 Å². The molecular formula is C27H28N4O4S. The van der Waals surface area contributed by atoms with Gasteiger partial charge in [-0.15, -0.1) is 0 Å². The maximum atomic E-state index is 13.6. The number of anilines is 2. The van der Waals surface area contributed by atoms with Crippen molar-refractivity contribution in [2.75, 3.05) is 16.0 Å². The van der Waals surface area contributed by atoms with Gasteiger partial charge in [0.2, 0.25) is 15.0 Å². The number of amides is 1. The van der Waals surface area contributed by atoms with E-state index < -0.39 is 15.7 Å². The molecule has 0 aliphatic heterocycles. The van der Waals surface area contributed by atoms with E-state index in [0.717, 1.165) is 16.7 Å². The highest BCUT2D eigenvalue weighted by Crippen LogP contribution is 2.27. The molecule has 0 saturated carbocycles. The van der Waals surface area contributed by atoms with Crippen LogP contribution in [0.15, 0.2) is 82.7 Å². The van der Waals surface area contributed by atoms with E-state index in [1.54, 1.807) is 12.3 Å². The van der Waals surface area contributed by atoms with Gasteiger partial charge in [0.1, 0.15) is 5.76 Å². The van der Waals surface area contributed by atoms with Crippen LogP contribution in [0, 0.1) is 13.8 Å². The van der Waals surface area contributed by atoms with Crippen molar-refractivity contribution in [2.24, 2.45) is 0 Å². The number of furan rings is 1. The number of carbonyl (C=O) groups is 1. The smallest absolute Gasteiger partial charge is 0.276 e. The molecule has 0 aliphatic carbocycles. The van der Waals surface area contributed by atoms with E-state index in [4.69, 9.17) is 4.42 Å². The largest absolute Gasteiger partial charge is 0.467 e. The molecule has 0 saturated heterocycles. The SMILES string of the molecule is CCS(=O)(=O)c1ncc(N(Cc2ccccc2)Cc2ccco2)c(C(=O)Nc2c(C)cccc2C)n1. The van der Waals surface area contributed by atoms with Crippen LogP contribution < -0.4 is 10.2 Å². The number of nitrogens with one attached hydrogen (secondary N) is 1. The Morgan fingerprint density at radius 3 is 2.33 bits per heavy atom. The van der Waals surface area contributed by atoms with Crippen LogP contribution in [0.4, 0.5) is 11.4 Å². The monoisotopic (exact) mass is 504 g/mol. The lowest BCUT2D eigenvalue weighted by molar-refractivity contribution is 0.102. The predicted molar refractivity (Wildman–Crippen MR) is 139 cm³/mol. The van der Waals surface area contributed by atoms with Crippen molar-refractivity contribution >= 4 is 27.1 Å². The predicted octanol–water partition coefficient (Wildman–Crippen LogP) is 4.94. The second kappa shape index (κ2) is 10.7. The normalized spacial score (nSPS) is 11.3. The van der Waals surface area contributed by atoms with Gasteiger partial charge in [0.15, 0.2) is 5.69 Å². The minimum Gasteiger partial charge on any atom is -0.467 e. The zero-order chi connectivity index (χ0) is 25.7. The molecule has 0 fully saturated rings. The van der Waals surface area contributed by atoms with Crippen molar-refractivity contribution in [3.8, 4) is 0 Å². The van der Waals surface area contributed by atoms with E-state index in [9.17, 15) is 13.2 Å². The fraction of sp³-hybridized carbons (Fsp3) is 0.222. The van der Waals surface area contributed by atoms with Crippen LogP contribution in [0.25, 0.3) is 0 Å². The second-order valence-corrected chi connectivity index (χ2v) is 10.6. The number of hydrogen-bond acceptors (Lipinski definition) is 7. The third-order valence-corrected chi connectivity index (χ3v) is 7.34. The number of sulfone groups is 1. The van der Waals surface area contributed by atoms with Gasteiger partial charge in [-0.05, 0) is 42.7 Å². The highest BCUT2D eigenvalue weighted by atomic mass is 32.2. The summed E-state index contributed by atoms with van der Waals surface area (Å²) in [5.41, 5.74) is 3.80. The molecule has 0 unspecified atom stereocenters. The molecule has 1 N–H and O–H groups in total. The van der Waals surface area contributed by atoms with Crippen molar-refractivity contribution in [1.29, 1.82) is 0 Å². The Morgan fingerprint density at radius 2 is 1.69 bits per heavy atom. The summed E-state index contributed by atoms with van der Waals surface area (Å²) in [5.74, 6) is -0.0168. The molecule has 0 spiro atoms. The lowest BCUT2D eigenvalue weighted by Gasteiger charge is -2.26. The highest BCUT2D eigenvalue weighted by molar-refractivity contribution is 7.91. The third kappa shape index (κ3) is 5.63. The number of benzene rings is 2. The van der Waals surface area contributed by atoms with Gasteiger partial charge < -0.3 is 14.6 Å². The maximum Gasteiger partial charge on any atom is 0.276 e. The average Bonchev–Trinajstić information content (AvgIpc) is 3.39. The minimum absolute atomic E-state index is 0.0258. The average molecular weight is 505 g/mol. The van der Waals surface area contributed by atoms with Gasteiger partial charge in [-0.3, -0.25) is 4.79 Å². The van der Waals surface area contributed by atoms with Gasteiger partial charge in [0.25, 0.3) is 5.91 Å². The highest BCUT2D eigenvalue weighted by Gasteiger charge is 2.25. The van der Waals surface area contributed by atoms with Gasteiger partial charge in [-0.25, -0.2) is 18.4 Å². The van der Waals surface area contributed by atoms with Crippen LogP contribution in [0.3, 0.4) is 0 Å². The summed E-state index contributed by atoms with van der Waals surface area (Å²) in [6, 6.07) is 19.1. The number of aryl methyl sites for hydroxylation is 2. The Bertz CT molecular complexity index is 1430. The van der Waals surface area contributed by atoms with Crippen LogP contribution in [0.2, 0.25) is 0 Å². The molecule has 2 aromatic carbocycles. The second-order valence-electron chi connectivity index (χ2n) is 8.43. The van der Waals surface area contributed by atoms with Crippen molar-refractivity contribution in [2.45, 2.75) is 39.0 Å². The Morgan fingerprint density at radius 1 is 0.972 bits per heavy atom. The Balaban J connectivity index is 1.82. The van der Waals surface area contributed by atoms with Gasteiger partial charge >= 0.3 is 0 Å². The van der Waals surface area contributed by atoms with E-state index in [2.05, 4.69) is 15.3 Å². The molecule has 2 heterocycles. The van der Waals surface area contributed by atoms with Gasteiger partial charge in [0.05, 0.1) is 30.4 Å². The Kier molecular flexibility index (Phi) is 7.49. The molecule has 4 rings (SSSR count).